The molecule has 0 fully saturated rings. The van der Waals surface area contributed by atoms with Crippen molar-refractivity contribution in [1.29, 1.82) is 0 Å². The van der Waals surface area contributed by atoms with Gasteiger partial charge < -0.3 is 15.8 Å². The number of hydrogen-bond donors (Lipinski definition) is 2. The highest BCUT2D eigenvalue weighted by Gasteiger charge is 2.17. The Morgan fingerprint density at radius 1 is 1.17 bits per heavy atom. The Morgan fingerprint density at radius 2 is 1.83 bits per heavy atom. The molecule has 3 N–H and O–H groups in total. The van der Waals surface area contributed by atoms with Crippen LogP contribution in [0.15, 0.2) is 53.4 Å². The maximum absolute atomic E-state index is 11.9. The molecule has 0 bridgehead atoms. The van der Waals surface area contributed by atoms with Gasteiger partial charge in [0.05, 0.1) is 7.11 Å². The van der Waals surface area contributed by atoms with Crippen LogP contribution in [0, 0.1) is 0 Å². The number of rotatable bonds is 7. The van der Waals surface area contributed by atoms with E-state index in [1.807, 2.05) is 43.3 Å². The fourth-order valence-electron chi connectivity index (χ4n) is 2.62. The van der Waals surface area contributed by atoms with Crippen molar-refractivity contribution in [3.8, 4) is 5.75 Å². The second-order valence-corrected chi connectivity index (χ2v) is 7.87. The predicted octanol–water partition coefficient (Wildman–Crippen LogP) is 2.28. The van der Waals surface area contributed by atoms with E-state index in [9.17, 15) is 8.42 Å². The van der Waals surface area contributed by atoms with Gasteiger partial charge in [-0.2, -0.15) is 0 Å². The number of nitrogens with one attached hydrogen (secondary N) is 1. The summed E-state index contributed by atoms with van der Waals surface area (Å²) in [6.45, 7) is 2.45. The normalized spacial score (nSPS) is 14.2. The van der Waals surface area contributed by atoms with Gasteiger partial charge in [-0.05, 0) is 30.2 Å². The van der Waals surface area contributed by atoms with E-state index in [4.69, 9.17) is 10.5 Å². The minimum atomic E-state index is -3.35. The molecule has 0 spiro atoms. The van der Waals surface area contributed by atoms with Crippen LogP contribution in [0.3, 0.4) is 0 Å². The van der Waals surface area contributed by atoms with Crippen LogP contribution in [-0.2, 0) is 16.4 Å². The summed E-state index contributed by atoms with van der Waals surface area (Å²) in [5, 5.41) is 3.41. The predicted molar refractivity (Wildman–Crippen MR) is 95.8 cm³/mol. The maximum Gasteiger partial charge on any atom is 0.179 e. The molecule has 5 nitrogen and oxygen atoms in total. The molecule has 130 valence electrons. The number of sulfone groups is 1. The summed E-state index contributed by atoms with van der Waals surface area (Å²) in [5.74, 6) is 0.355. The highest BCUT2D eigenvalue weighted by molar-refractivity contribution is 7.90. The molecule has 0 saturated heterocycles. The Kier molecular flexibility index (Phi) is 5.99. The molecule has 0 aliphatic heterocycles. The van der Waals surface area contributed by atoms with Crippen LogP contribution in [0.25, 0.3) is 0 Å². The molecule has 24 heavy (non-hydrogen) atoms. The highest BCUT2D eigenvalue weighted by atomic mass is 32.2. The number of benzene rings is 2. The lowest BCUT2D eigenvalue weighted by Crippen LogP contribution is -2.35. The van der Waals surface area contributed by atoms with Gasteiger partial charge >= 0.3 is 0 Å². The molecular formula is C18H24N2O3S. The topological polar surface area (TPSA) is 81.4 Å². The minimum absolute atomic E-state index is 0.0185. The van der Waals surface area contributed by atoms with Gasteiger partial charge in [0.2, 0.25) is 0 Å². The Morgan fingerprint density at radius 3 is 2.38 bits per heavy atom. The number of nitrogens with two attached hydrogens (primary N) is 1. The van der Waals surface area contributed by atoms with Crippen molar-refractivity contribution in [2.45, 2.75) is 30.4 Å². The van der Waals surface area contributed by atoms with Crippen LogP contribution in [0.2, 0.25) is 0 Å². The summed E-state index contributed by atoms with van der Waals surface area (Å²) in [7, 11) is -1.89. The Labute approximate surface area is 143 Å². The molecule has 0 aromatic heterocycles. The average molecular weight is 348 g/mol. The molecule has 0 aliphatic rings. The molecule has 2 aromatic rings. The van der Waals surface area contributed by atoms with Crippen molar-refractivity contribution in [3.05, 3.63) is 59.7 Å². The fraction of sp³-hybridized carbons (Fsp3) is 0.333. The van der Waals surface area contributed by atoms with Crippen LogP contribution in [-0.4, -0.2) is 27.8 Å². The third-order valence-electron chi connectivity index (χ3n) is 3.84. The first kappa shape index (κ1) is 18.4. The quantitative estimate of drug-likeness (QED) is 0.802. The number of ether oxygens (including phenoxy) is 1. The summed E-state index contributed by atoms with van der Waals surface area (Å²) < 4.78 is 29.0. The zero-order chi connectivity index (χ0) is 17.7. The molecule has 2 atom stereocenters. The fourth-order valence-corrected chi connectivity index (χ4v) is 3.50. The standard InChI is InChI=1S/C18H24N2O3S/c1-13(19)18(15-7-5-4-6-8-15)20-12-14-9-10-16(23-2)17(11-14)24(3,21)22/h4-11,13,18,20H,12,19H2,1-3H3. The summed E-state index contributed by atoms with van der Waals surface area (Å²) in [5.41, 5.74) is 8.06. The Balaban J connectivity index is 2.22. The van der Waals surface area contributed by atoms with E-state index < -0.39 is 9.84 Å². The van der Waals surface area contributed by atoms with Crippen LogP contribution < -0.4 is 15.8 Å². The van der Waals surface area contributed by atoms with Crippen molar-refractivity contribution in [1.82, 2.24) is 5.32 Å². The molecule has 0 radical (unpaired) electrons. The maximum atomic E-state index is 11.9. The zero-order valence-electron chi connectivity index (χ0n) is 14.2. The lowest BCUT2D eigenvalue weighted by atomic mass is 10.0. The highest BCUT2D eigenvalue weighted by Crippen LogP contribution is 2.25. The van der Waals surface area contributed by atoms with Crippen molar-refractivity contribution in [2.24, 2.45) is 5.73 Å². The molecule has 2 rings (SSSR count). The van der Waals surface area contributed by atoms with E-state index in [0.717, 1.165) is 11.1 Å². The van der Waals surface area contributed by atoms with Crippen LogP contribution in [0.5, 0.6) is 5.75 Å². The molecule has 2 unspecified atom stereocenters. The van der Waals surface area contributed by atoms with Crippen molar-refractivity contribution in [3.63, 3.8) is 0 Å². The average Bonchev–Trinajstić information content (AvgIpc) is 2.54. The van der Waals surface area contributed by atoms with Gasteiger partial charge in [-0.25, -0.2) is 8.42 Å². The second kappa shape index (κ2) is 7.79. The molecule has 6 heteroatoms. The molecular weight excluding hydrogens is 324 g/mol. The first-order valence-electron chi connectivity index (χ1n) is 7.74. The van der Waals surface area contributed by atoms with E-state index in [-0.39, 0.29) is 17.0 Å². The second-order valence-electron chi connectivity index (χ2n) is 5.89. The Hall–Kier alpha value is -1.89. The van der Waals surface area contributed by atoms with E-state index in [1.165, 1.54) is 13.4 Å². The van der Waals surface area contributed by atoms with Gasteiger partial charge in [-0.3, -0.25) is 0 Å². The molecule has 0 amide bonds. The third kappa shape index (κ3) is 4.56. The first-order chi connectivity index (χ1) is 11.3. The van der Waals surface area contributed by atoms with Crippen LogP contribution in [0.1, 0.15) is 24.1 Å². The van der Waals surface area contributed by atoms with Gasteiger partial charge in [0.25, 0.3) is 0 Å². The van der Waals surface area contributed by atoms with E-state index in [1.54, 1.807) is 12.1 Å². The van der Waals surface area contributed by atoms with Crippen molar-refractivity contribution >= 4 is 9.84 Å². The van der Waals surface area contributed by atoms with E-state index in [2.05, 4.69) is 5.32 Å². The zero-order valence-corrected chi connectivity index (χ0v) is 15.0. The van der Waals surface area contributed by atoms with Gasteiger partial charge in [0.15, 0.2) is 9.84 Å². The van der Waals surface area contributed by atoms with Gasteiger partial charge in [0.1, 0.15) is 10.6 Å². The largest absolute Gasteiger partial charge is 0.495 e. The summed E-state index contributed by atoms with van der Waals surface area (Å²) in [4.78, 5) is 0.196. The van der Waals surface area contributed by atoms with Crippen LogP contribution in [0.4, 0.5) is 0 Å². The smallest absolute Gasteiger partial charge is 0.179 e. The lowest BCUT2D eigenvalue weighted by Gasteiger charge is -2.23. The van der Waals surface area contributed by atoms with Gasteiger partial charge in [0, 0.05) is 24.9 Å². The SMILES string of the molecule is COc1ccc(CNC(c2ccccc2)C(C)N)cc1S(C)(=O)=O. The molecule has 0 heterocycles. The Bertz CT molecular complexity index is 774. The van der Waals surface area contributed by atoms with E-state index in [0.29, 0.717) is 12.3 Å². The molecule has 0 aliphatic carbocycles. The van der Waals surface area contributed by atoms with E-state index >= 15 is 0 Å². The summed E-state index contributed by atoms with van der Waals surface area (Å²) >= 11 is 0. The molecule has 2 aromatic carbocycles. The van der Waals surface area contributed by atoms with Gasteiger partial charge in [-0.15, -0.1) is 0 Å². The van der Waals surface area contributed by atoms with Crippen molar-refractivity contribution < 1.29 is 13.2 Å². The first-order valence-corrected chi connectivity index (χ1v) is 9.63. The van der Waals surface area contributed by atoms with Gasteiger partial charge in [-0.1, -0.05) is 36.4 Å². The monoisotopic (exact) mass is 348 g/mol. The number of hydrogen-bond acceptors (Lipinski definition) is 5. The summed E-state index contributed by atoms with van der Waals surface area (Å²) in [6.07, 6.45) is 1.18. The number of methoxy groups -OCH3 is 1. The lowest BCUT2D eigenvalue weighted by molar-refractivity contribution is 0.402. The molecule has 0 saturated carbocycles. The minimum Gasteiger partial charge on any atom is -0.495 e. The van der Waals surface area contributed by atoms with Crippen molar-refractivity contribution in [2.75, 3.05) is 13.4 Å². The van der Waals surface area contributed by atoms with Crippen LogP contribution >= 0.6 is 0 Å². The summed E-state index contributed by atoms with van der Waals surface area (Å²) in [6, 6.07) is 15.0. The third-order valence-corrected chi connectivity index (χ3v) is 4.96.